The second kappa shape index (κ2) is 9.46. The van der Waals surface area contributed by atoms with E-state index < -0.39 is 0 Å². The van der Waals surface area contributed by atoms with Crippen molar-refractivity contribution in [2.75, 3.05) is 57.3 Å². The number of aromatic nitrogens is 3. The van der Waals surface area contributed by atoms with E-state index in [1.54, 1.807) is 13.3 Å². The fourth-order valence-corrected chi connectivity index (χ4v) is 4.89. The standard InChI is InChI=1S/C27H33N7O/c1-32(2)14-15-33(3)24-17-25(35-4)21(16-19(24)28)31-27-29-12-11-20(30-27)26-18-8-5-6-9-22(18)34-13-7-10-23(26)34/h5-6,8-9,11-12,16-17H,7,10,13-15,28H2,1-4H3,(H,29,30,31). The number of fused-ring (bicyclic) bond motifs is 3. The van der Waals surface area contributed by atoms with E-state index in [0.29, 0.717) is 17.4 Å². The number of nitrogens with one attached hydrogen (secondary N) is 1. The number of ether oxygens (including phenoxy) is 1. The van der Waals surface area contributed by atoms with Gasteiger partial charge in [0.15, 0.2) is 0 Å². The van der Waals surface area contributed by atoms with Crippen LogP contribution in [0.1, 0.15) is 12.1 Å². The minimum atomic E-state index is 0.510. The summed E-state index contributed by atoms with van der Waals surface area (Å²) < 4.78 is 8.12. The zero-order chi connectivity index (χ0) is 24.5. The van der Waals surface area contributed by atoms with Crippen molar-refractivity contribution in [3.8, 4) is 17.0 Å². The van der Waals surface area contributed by atoms with Crippen molar-refractivity contribution in [3.05, 3.63) is 54.4 Å². The molecule has 2 aromatic carbocycles. The molecule has 0 fully saturated rings. The molecule has 182 valence electrons. The van der Waals surface area contributed by atoms with Crippen LogP contribution >= 0.6 is 0 Å². The van der Waals surface area contributed by atoms with Gasteiger partial charge in [-0.1, -0.05) is 18.2 Å². The second-order valence-electron chi connectivity index (χ2n) is 9.32. The maximum absolute atomic E-state index is 6.44. The molecule has 0 aliphatic carbocycles. The van der Waals surface area contributed by atoms with Crippen molar-refractivity contribution in [3.63, 3.8) is 0 Å². The Kier molecular flexibility index (Phi) is 6.21. The quantitative estimate of drug-likeness (QED) is 0.369. The first-order valence-electron chi connectivity index (χ1n) is 12.0. The molecule has 0 saturated heterocycles. The van der Waals surface area contributed by atoms with Gasteiger partial charge in [-0.05, 0) is 45.1 Å². The predicted octanol–water partition coefficient (Wildman–Crippen LogP) is 4.38. The maximum atomic E-state index is 6.44. The lowest BCUT2D eigenvalue weighted by Crippen LogP contribution is -2.29. The largest absolute Gasteiger partial charge is 0.494 e. The first-order chi connectivity index (χ1) is 17.0. The molecular weight excluding hydrogens is 438 g/mol. The molecule has 4 aromatic rings. The zero-order valence-electron chi connectivity index (χ0n) is 20.9. The summed E-state index contributed by atoms with van der Waals surface area (Å²) in [7, 11) is 7.82. The highest BCUT2D eigenvalue weighted by molar-refractivity contribution is 5.97. The Morgan fingerprint density at radius 1 is 1.11 bits per heavy atom. The average Bonchev–Trinajstić information content (AvgIpc) is 3.44. The van der Waals surface area contributed by atoms with E-state index >= 15 is 0 Å². The Balaban J connectivity index is 1.47. The van der Waals surface area contributed by atoms with Crippen LogP contribution in [0.3, 0.4) is 0 Å². The van der Waals surface area contributed by atoms with Crippen molar-refractivity contribution in [2.45, 2.75) is 19.4 Å². The highest BCUT2D eigenvalue weighted by atomic mass is 16.5. The first kappa shape index (κ1) is 23.0. The molecule has 0 atom stereocenters. The molecular formula is C27H33N7O. The smallest absolute Gasteiger partial charge is 0.227 e. The summed E-state index contributed by atoms with van der Waals surface area (Å²) in [6, 6.07) is 14.4. The van der Waals surface area contributed by atoms with Crippen molar-refractivity contribution in [1.29, 1.82) is 0 Å². The number of nitrogens with zero attached hydrogens (tertiary/aromatic N) is 5. The summed E-state index contributed by atoms with van der Waals surface area (Å²) in [5.74, 6) is 1.20. The van der Waals surface area contributed by atoms with Gasteiger partial charge in [0.2, 0.25) is 5.95 Å². The van der Waals surface area contributed by atoms with E-state index in [-0.39, 0.29) is 0 Å². The van der Waals surface area contributed by atoms with E-state index in [1.807, 2.05) is 25.2 Å². The molecule has 0 bridgehead atoms. The normalized spacial score (nSPS) is 12.8. The van der Waals surface area contributed by atoms with Crippen molar-refractivity contribution < 1.29 is 4.74 Å². The van der Waals surface area contributed by atoms with Crippen molar-refractivity contribution >= 4 is 33.9 Å². The number of likely N-dealkylation sites (N-methyl/N-ethyl adjacent to an activating group) is 2. The summed E-state index contributed by atoms with van der Waals surface area (Å²) in [5.41, 5.74) is 13.5. The van der Waals surface area contributed by atoms with Gasteiger partial charge in [-0.25, -0.2) is 9.97 Å². The number of hydrogen-bond donors (Lipinski definition) is 2. The lowest BCUT2D eigenvalue weighted by atomic mass is 10.1. The predicted molar refractivity (Wildman–Crippen MR) is 144 cm³/mol. The molecule has 3 N–H and O–H groups in total. The molecule has 0 spiro atoms. The van der Waals surface area contributed by atoms with E-state index in [9.17, 15) is 0 Å². The zero-order valence-corrected chi connectivity index (χ0v) is 20.9. The van der Waals surface area contributed by atoms with Crippen LogP contribution in [-0.2, 0) is 13.0 Å². The maximum Gasteiger partial charge on any atom is 0.227 e. The third-order valence-electron chi connectivity index (χ3n) is 6.67. The van der Waals surface area contributed by atoms with Crippen molar-refractivity contribution in [1.82, 2.24) is 19.4 Å². The molecule has 8 nitrogen and oxygen atoms in total. The third-order valence-corrected chi connectivity index (χ3v) is 6.67. The van der Waals surface area contributed by atoms with Crippen LogP contribution in [0.4, 0.5) is 23.0 Å². The molecule has 0 amide bonds. The van der Waals surface area contributed by atoms with E-state index in [0.717, 1.165) is 49.5 Å². The summed E-state index contributed by atoms with van der Waals surface area (Å²) in [4.78, 5) is 13.7. The number of para-hydroxylation sites is 1. The van der Waals surface area contributed by atoms with Gasteiger partial charge < -0.3 is 30.2 Å². The molecule has 35 heavy (non-hydrogen) atoms. The Labute approximate surface area is 206 Å². The summed E-state index contributed by atoms with van der Waals surface area (Å²) >= 11 is 0. The highest BCUT2D eigenvalue weighted by Gasteiger charge is 2.23. The lowest BCUT2D eigenvalue weighted by molar-refractivity contribution is 0.413. The molecule has 0 radical (unpaired) electrons. The number of anilines is 4. The Morgan fingerprint density at radius 3 is 2.74 bits per heavy atom. The number of nitrogen functional groups attached to an aromatic ring is 1. The molecule has 1 aliphatic heterocycles. The molecule has 0 saturated carbocycles. The lowest BCUT2D eigenvalue weighted by Gasteiger charge is -2.24. The fourth-order valence-electron chi connectivity index (χ4n) is 4.89. The average molecular weight is 472 g/mol. The van der Waals surface area contributed by atoms with Gasteiger partial charge >= 0.3 is 0 Å². The molecule has 8 heteroatoms. The summed E-state index contributed by atoms with van der Waals surface area (Å²) in [6.45, 7) is 2.84. The van der Waals surface area contributed by atoms with Crippen LogP contribution in [0.25, 0.3) is 22.2 Å². The van der Waals surface area contributed by atoms with E-state index in [2.05, 4.69) is 63.0 Å². The monoisotopic (exact) mass is 471 g/mol. The minimum absolute atomic E-state index is 0.510. The van der Waals surface area contributed by atoms with Crippen LogP contribution < -0.4 is 20.7 Å². The Hall–Kier alpha value is -3.78. The topological polar surface area (TPSA) is 84.5 Å². The SMILES string of the molecule is COc1cc(N(C)CCN(C)C)c(N)cc1Nc1nccc(-c2c3n(c4ccccc24)CCC3)n1. The second-order valence-corrected chi connectivity index (χ2v) is 9.32. The van der Waals surface area contributed by atoms with Crippen LogP contribution in [-0.4, -0.2) is 60.8 Å². The van der Waals surface area contributed by atoms with E-state index in [1.165, 1.54) is 22.2 Å². The number of benzene rings is 2. The molecule has 2 aromatic heterocycles. The minimum Gasteiger partial charge on any atom is -0.494 e. The van der Waals surface area contributed by atoms with Gasteiger partial charge in [-0.2, -0.15) is 0 Å². The Bertz CT molecular complexity index is 1360. The molecule has 3 heterocycles. The molecule has 5 rings (SSSR count). The van der Waals surface area contributed by atoms with Gasteiger partial charge in [-0.3, -0.25) is 0 Å². The third kappa shape index (κ3) is 4.37. The van der Waals surface area contributed by atoms with Gasteiger partial charge in [0, 0.05) is 61.1 Å². The van der Waals surface area contributed by atoms with Crippen LogP contribution in [0.2, 0.25) is 0 Å². The Morgan fingerprint density at radius 2 is 1.94 bits per heavy atom. The number of rotatable bonds is 8. The van der Waals surface area contributed by atoms with Gasteiger partial charge in [0.05, 0.1) is 29.9 Å². The number of nitrogens with two attached hydrogens (primary N) is 1. The fraction of sp³-hybridized carbons (Fsp3) is 0.333. The van der Waals surface area contributed by atoms with Crippen LogP contribution in [0.15, 0.2) is 48.7 Å². The number of hydrogen-bond acceptors (Lipinski definition) is 7. The van der Waals surface area contributed by atoms with E-state index in [4.69, 9.17) is 15.5 Å². The van der Waals surface area contributed by atoms with Crippen LogP contribution in [0, 0.1) is 0 Å². The molecule has 1 aliphatic rings. The van der Waals surface area contributed by atoms with Crippen LogP contribution in [0.5, 0.6) is 5.75 Å². The number of aryl methyl sites for hydroxylation is 1. The highest BCUT2D eigenvalue weighted by Crippen LogP contribution is 2.39. The summed E-state index contributed by atoms with van der Waals surface area (Å²) in [6.07, 6.45) is 4.02. The van der Waals surface area contributed by atoms with Gasteiger partial charge in [0.1, 0.15) is 5.75 Å². The van der Waals surface area contributed by atoms with Gasteiger partial charge in [0.25, 0.3) is 0 Å². The first-order valence-corrected chi connectivity index (χ1v) is 12.0. The molecule has 0 unspecified atom stereocenters. The van der Waals surface area contributed by atoms with Crippen molar-refractivity contribution in [2.24, 2.45) is 0 Å². The summed E-state index contributed by atoms with van der Waals surface area (Å²) in [5, 5.41) is 4.57. The number of methoxy groups -OCH3 is 1. The van der Waals surface area contributed by atoms with Gasteiger partial charge in [-0.15, -0.1) is 0 Å².